The van der Waals surface area contributed by atoms with E-state index in [0.29, 0.717) is 12.3 Å². The number of carbonyl (C=O) groups is 2. The average Bonchev–Trinajstić information content (AvgIpc) is 2.14. The first-order valence-corrected chi connectivity index (χ1v) is 6.52. The highest BCUT2D eigenvalue weighted by atomic mass is 16.4. The second-order valence-corrected chi connectivity index (χ2v) is 5.14. The standard InChI is InChI=1S/C13H23NO3/c1-3-14(9-11-5-4-6-11)12(15)7-10(2)8-13(16)17/h10-11H,3-9H2,1-2H3,(H,16,17). The van der Waals surface area contributed by atoms with E-state index in [4.69, 9.17) is 5.11 Å². The lowest BCUT2D eigenvalue weighted by molar-refractivity contribution is -0.138. The molecular weight excluding hydrogens is 218 g/mol. The SMILES string of the molecule is CCN(CC1CCC1)C(=O)CC(C)CC(=O)O. The van der Waals surface area contributed by atoms with E-state index < -0.39 is 5.97 Å². The topological polar surface area (TPSA) is 57.6 Å². The Bertz CT molecular complexity index is 274. The van der Waals surface area contributed by atoms with Crippen LogP contribution < -0.4 is 0 Å². The van der Waals surface area contributed by atoms with Gasteiger partial charge in [-0.25, -0.2) is 0 Å². The van der Waals surface area contributed by atoms with Crippen LogP contribution in [0, 0.1) is 11.8 Å². The van der Waals surface area contributed by atoms with Gasteiger partial charge in [0, 0.05) is 25.9 Å². The molecule has 1 aliphatic carbocycles. The molecule has 0 aliphatic heterocycles. The molecule has 0 spiro atoms. The third kappa shape index (κ3) is 4.75. The molecule has 0 aromatic carbocycles. The van der Waals surface area contributed by atoms with E-state index in [-0.39, 0.29) is 18.2 Å². The van der Waals surface area contributed by atoms with Gasteiger partial charge in [0.2, 0.25) is 5.91 Å². The van der Waals surface area contributed by atoms with Crippen molar-refractivity contribution < 1.29 is 14.7 Å². The maximum Gasteiger partial charge on any atom is 0.303 e. The van der Waals surface area contributed by atoms with Crippen molar-refractivity contribution in [3.63, 3.8) is 0 Å². The minimum Gasteiger partial charge on any atom is -0.481 e. The van der Waals surface area contributed by atoms with Crippen molar-refractivity contribution in [1.29, 1.82) is 0 Å². The number of carbonyl (C=O) groups excluding carboxylic acids is 1. The molecule has 98 valence electrons. The van der Waals surface area contributed by atoms with Crippen LogP contribution in [0.2, 0.25) is 0 Å². The van der Waals surface area contributed by atoms with E-state index >= 15 is 0 Å². The zero-order chi connectivity index (χ0) is 12.8. The summed E-state index contributed by atoms with van der Waals surface area (Å²) >= 11 is 0. The lowest BCUT2D eigenvalue weighted by atomic mass is 9.85. The van der Waals surface area contributed by atoms with E-state index in [1.807, 2.05) is 18.7 Å². The summed E-state index contributed by atoms with van der Waals surface area (Å²) in [7, 11) is 0. The fourth-order valence-electron chi connectivity index (χ4n) is 2.19. The van der Waals surface area contributed by atoms with Gasteiger partial charge in [-0.05, 0) is 31.6 Å². The predicted octanol–water partition coefficient (Wildman–Crippen LogP) is 2.14. The molecule has 0 radical (unpaired) electrons. The second kappa shape index (κ2) is 6.62. The Labute approximate surface area is 103 Å². The third-order valence-electron chi connectivity index (χ3n) is 3.48. The minimum absolute atomic E-state index is 0.0737. The van der Waals surface area contributed by atoms with Crippen LogP contribution in [0.1, 0.15) is 46.0 Å². The molecule has 1 amide bonds. The lowest BCUT2D eigenvalue weighted by Crippen LogP contribution is -2.38. The Morgan fingerprint density at radius 2 is 2.00 bits per heavy atom. The minimum atomic E-state index is -0.827. The van der Waals surface area contributed by atoms with Gasteiger partial charge in [0.1, 0.15) is 0 Å². The highest BCUT2D eigenvalue weighted by molar-refractivity contribution is 5.77. The van der Waals surface area contributed by atoms with Crippen LogP contribution in [0.5, 0.6) is 0 Å². The monoisotopic (exact) mass is 241 g/mol. The largest absolute Gasteiger partial charge is 0.481 e. The van der Waals surface area contributed by atoms with Crippen LogP contribution in [0.15, 0.2) is 0 Å². The number of amides is 1. The molecule has 17 heavy (non-hydrogen) atoms. The Morgan fingerprint density at radius 1 is 1.35 bits per heavy atom. The van der Waals surface area contributed by atoms with Crippen LogP contribution in [0.4, 0.5) is 0 Å². The van der Waals surface area contributed by atoms with Crippen LogP contribution in [0.25, 0.3) is 0 Å². The molecule has 1 atom stereocenters. The van der Waals surface area contributed by atoms with Crippen LogP contribution in [-0.4, -0.2) is 35.0 Å². The summed E-state index contributed by atoms with van der Waals surface area (Å²) in [6.07, 6.45) is 4.17. The predicted molar refractivity (Wildman–Crippen MR) is 65.6 cm³/mol. The number of aliphatic carboxylic acids is 1. The first-order chi connectivity index (χ1) is 8.02. The lowest BCUT2D eigenvalue weighted by Gasteiger charge is -2.32. The van der Waals surface area contributed by atoms with Crippen LogP contribution in [-0.2, 0) is 9.59 Å². The zero-order valence-corrected chi connectivity index (χ0v) is 10.8. The molecule has 0 heterocycles. The van der Waals surface area contributed by atoms with Crippen LogP contribution >= 0.6 is 0 Å². The van der Waals surface area contributed by atoms with E-state index in [1.165, 1.54) is 19.3 Å². The molecule has 0 aromatic heterocycles. The third-order valence-corrected chi connectivity index (χ3v) is 3.48. The number of carboxylic acid groups (broad SMARTS) is 1. The maximum absolute atomic E-state index is 12.0. The van der Waals surface area contributed by atoms with Gasteiger partial charge >= 0.3 is 5.97 Å². The summed E-state index contributed by atoms with van der Waals surface area (Å²) < 4.78 is 0. The van der Waals surface area contributed by atoms with Gasteiger partial charge < -0.3 is 10.0 Å². The number of rotatable bonds is 7. The van der Waals surface area contributed by atoms with E-state index in [1.54, 1.807) is 0 Å². The van der Waals surface area contributed by atoms with Gasteiger partial charge in [-0.15, -0.1) is 0 Å². The molecule has 0 aromatic rings. The highest BCUT2D eigenvalue weighted by Gasteiger charge is 2.23. The molecule has 1 rings (SSSR count). The Kier molecular flexibility index (Phi) is 5.45. The molecule has 1 unspecified atom stereocenters. The van der Waals surface area contributed by atoms with Crippen molar-refractivity contribution >= 4 is 11.9 Å². The van der Waals surface area contributed by atoms with Gasteiger partial charge in [-0.1, -0.05) is 13.3 Å². The first kappa shape index (κ1) is 14.0. The molecule has 0 bridgehead atoms. The van der Waals surface area contributed by atoms with Crippen molar-refractivity contribution in [2.45, 2.75) is 46.0 Å². The summed E-state index contributed by atoms with van der Waals surface area (Å²) in [5.41, 5.74) is 0. The summed E-state index contributed by atoms with van der Waals surface area (Å²) in [6.45, 7) is 5.39. The summed E-state index contributed by atoms with van der Waals surface area (Å²) in [5.74, 6) is -0.121. The average molecular weight is 241 g/mol. The molecule has 1 saturated carbocycles. The van der Waals surface area contributed by atoms with Gasteiger partial charge in [-0.3, -0.25) is 9.59 Å². The number of hydrogen-bond donors (Lipinski definition) is 1. The fourth-order valence-corrected chi connectivity index (χ4v) is 2.19. The number of hydrogen-bond acceptors (Lipinski definition) is 2. The second-order valence-electron chi connectivity index (χ2n) is 5.14. The summed E-state index contributed by atoms with van der Waals surface area (Å²) in [5, 5.41) is 8.66. The van der Waals surface area contributed by atoms with E-state index in [2.05, 4.69) is 0 Å². The molecule has 1 N–H and O–H groups in total. The van der Waals surface area contributed by atoms with E-state index in [0.717, 1.165) is 13.1 Å². The van der Waals surface area contributed by atoms with Gasteiger partial charge in [-0.2, -0.15) is 0 Å². The van der Waals surface area contributed by atoms with Gasteiger partial charge in [0.05, 0.1) is 0 Å². The fraction of sp³-hybridized carbons (Fsp3) is 0.846. The van der Waals surface area contributed by atoms with Crippen molar-refractivity contribution in [3.8, 4) is 0 Å². The first-order valence-electron chi connectivity index (χ1n) is 6.52. The molecule has 4 nitrogen and oxygen atoms in total. The smallest absolute Gasteiger partial charge is 0.303 e. The van der Waals surface area contributed by atoms with E-state index in [9.17, 15) is 9.59 Å². The Hall–Kier alpha value is -1.06. The van der Waals surface area contributed by atoms with Crippen molar-refractivity contribution in [3.05, 3.63) is 0 Å². The molecule has 4 heteroatoms. The summed E-state index contributed by atoms with van der Waals surface area (Å²) in [4.78, 5) is 24.4. The number of carboxylic acids is 1. The normalized spacial score (nSPS) is 17.3. The maximum atomic E-state index is 12.0. The Balaban J connectivity index is 2.34. The quantitative estimate of drug-likeness (QED) is 0.743. The number of nitrogens with zero attached hydrogens (tertiary/aromatic N) is 1. The van der Waals surface area contributed by atoms with Crippen molar-refractivity contribution in [2.24, 2.45) is 11.8 Å². The molecule has 1 aliphatic rings. The Morgan fingerprint density at radius 3 is 2.41 bits per heavy atom. The molecule has 1 fully saturated rings. The summed E-state index contributed by atoms with van der Waals surface area (Å²) in [6, 6.07) is 0. The zero-order valence-electron chi connectivity index (χ0n) is 10.8. The molecule has 0 saturated heterocycles. The van der Waals surface area contributed by atoms with Crippen molar-refractivity contribution in [2.75, 3.05) is 13.1 Å². The highest BCUT2D eigenvalue weighted by Crippen LogP contribution is 2.27. The van der Waals surface area contributed by atoms with Gasteiger partial charge in [0.25, 0.3) is 0 Å². The van der Waals surface area contributed by atoms with Crippen molar-refractivity contribution in [1.82, 2.24) is 4.90 Å². The molecular formula is C13H23NO3. The van der Waals surface area contributed by atoms with Gasteiger partial charge in [0.15, 0.2) is 0 Å². The van der Waals surface area contributed by atoms with Crippen LogP contribution in [0.3, 0.4) is 0 Å².